The van der Waals surface area contributed by atoms with E-state index in [1.807, 2.05) is 11.8 Å². The lowest BCUT2D eigenvalue weighted by Gasteiger charge is -2.20. The van der Waals surface area contributed by atoms with E-state index >= 15 is 0 Å². The number of rotatable bonds is 4. The largest absolute Gasteiger partial charge is 0.348 e. The summed E-state index contributed by atoms with van der Waals surface area (Å²) in [7, 11) is 0. The van der Waals surface area contributed by atoms with Crippen LogP contribution in [0, 0.1) is 5.82 Å². The lowest BCUT2D eigenvalue weighted by atomic mass is 10.1. The molecule has 0 radical (unpaired) electrons. The molecule has 2 rings (SSSR count). The molecule has 1 aliphatic carbocycles. The van der Waals surface area contributed by atoms with Crippen LogP contribution in [0.1, 0.15) is 36.5 Å². The highest BCUT2D eigenvalue weighted by atomic mass is 32.2. The maximum atomic E-state index is 13.6. The molecular formula is C14H18FNOS2. The van der Waals surface area contributed by atoms with Crippen LogP contribution in [0.2, 0.25) is 0 Å². The molecule has 104 valence electrons. The van der Waals surface area contributed by atoms with Gasteiger partial charge in [0.1, 0.15) is 5.82 Å². The summed E-state index contributed by atoms with van der Waals surface area (Å²) in [5.74, 6) is 0.215. The van der Waals surface area contributed by atoms with Crippen LogP contribution in [-0.4, -0.2) is 23.0 Å². The van der Waals surface area contributed by atoms with Crippen LogP contribution in [0.5, 0.6) is 0 Å². The van der Waals surface area contributed by atoms with E-state index in [-0.39, 0.29) is 17.5 Å². The number of benzene rings is 1. The van der Waals surface area contributed by atoms with Gasteiger partial charge in [-0.05, 0) is 36.8 Å². The topological polar surface area (TPSA) is 29.1 Å². The van der Waals surface area contributed by atoms with Gasteiger partial charge in [-0.2, -0.15) is 11.8 Å². The normalized spacial score (nSPS) is 22.5. The molecular weight excluding hydrogens is 281 g/mol. The standard InChI is InChI=1S/C14H18FNOS2/c1-2-19-13-5-3-4-12(13)16-14(17)10-8-9(18)6-7-11(10)15/h6-8,12-13,18H,2-5H2,1H3,(H,16,17). The Labute approximate surface area is 123 Å². The monoisotopic (exact) mass is 299 g/mol. The summed E-state index contributed by atoms with van der Waals surface area (Å²) in [6.45, 7) is 2.12. The summed E-state index contributed by atoms with van der Waals surface area (Å²) in [5, 5.41) is 3.42. The summed E-state index contributed by atoms with van der Waals surface area (Å²) in [6, 6.07) is 4.45. The first kappa shape index (κ1) is 14.7. The Kier molecular flexibility index (Phi) is 5.16. The van der Waals surface area contributed by atoms with Crippen molar-refractivity contribution in [1.82, 2.24) is 5.32 Å². The van der Waals surface area contributed by atoms with Crippen LogP contribution in [-0.2, 0) is 0 Å². The molecule has 1 aromatic carbocycles. The number of amides is 1. The van der Waals surface area contributed by atoms with Crippen molar-refractivity contribution in [3.63, 3.8) is 0 Å². The van der Waals surface area contributed by atoms with Gasteiger partial charge in [-0.1, -0.05) is 13.3 Å². The molecule has 1 saturated carbocycles. The summed E-state index contributed by atoms with van der Waals surface area (Å²) in [4.78, 5) is 12.7. The first-order valence-electron chi connectivity index (χ1n) is 6.52. The number of halogens is 1. The highest BCUT2D eigenvalue weighted by Gasteiger charge is 2.29. The minimum atomic E-state index is -0.493. The Morgan fingerprint density at radius 3 is 3.05 bits per heavy atom. The lowest BCUT2D eigenvalue weighted by molar-refractivity contribution is 0.0934. The van der Waals surface area contributed by atoms with E-state index in [0.717, 1.165) is 25.0 Å². The lowest BCUT2D eigenvalue weighted by Crippen LogP contribution is -2.39. The van der Waals surface area contributed by atoms with Crippen LogP contribution < -0.4 is 5.32 Å². The van der Waals surface area contributed by atoms with Crippen molar-refractivity contribution in [3.05, 3.63) is 29.6 Å². The van der Waals surface area contributed by atoms with Crippen LogP contribution in [0.3, 0.4) is 0 Å². The van der Waals surface area contributed by atoms with Gasteiger partial charge < -0.3 is 5.32 Å². The molecule has 0 bridgehead atoms. The van der Waals surface area contributed by atoms with Crippen molar-refractivity contribution in [1.29, 1.82) is 0 Å². The molecule has 1 amide bonds. The fraction of sp³-hybridized carbons (Fsp3) is 0.500. The van der Waals surface area contributed by atoms with E-state index in [4.69, 9.17) is 0 Å². The minimum Gasteiger partial charge on any atom is -0.348 e. The highest BCUT2D eigenvalue weighted by molar-refractivity contribution is 7.99. The SMILES string of the molecule is CCSC1CCCC1NC(=O)c1cc(S)ccc1F. The van der Waals surface area contributed by atoms with Crippen LogP contribution in [0.4, 0.5) is 4.39 Å². The Morgan fingerprint density at radius 1 is 1.53 bits per heavy atom. The number of hydrogen-bond donors (Lipinski definition) is 2. The maximum Gasteiger partial charge on any atom is 0.254 e. The van der Waals surface area contributed by atoms with E-state index in [1.54, 1.807) is 6.07 Å². The fourth-order valence-corrected chi connectivity index (χ4v) is 3.84. The zero-order chi connectivity index (χ0) is 13.8. The molecule has 1 aliphatic rings. The summed E-state index contributed by atoms with van der Waals surface area (Å²) in [6.07, 6.45) is 3.22. The quantitative estimate of drug-likeness (QED) is 0.833. The molecule has 0 heterocycles. The van der Waals surface area contributed by atoms with Gasteiger partial charge in [0.15, 0.2) is 0 Å². The molecule has 0 saturated heterocycles. The third kappa shape index (κ3) is 3.66. The van der Waals surface area contributed by atoms with Crippen molar-refractivity contribution in [2.75, 3.05) is 5.75 Å². The van der Waals surface area contributed by atoms with E-state index < -0.39 is 5.82 Å². The van der Waals surface area contributed by atoms with Crippen molar-refractivity contribution in [2.45, 2.75) is 42.4 Å². The minimum absolute atomic E-state index is 0.0830. The molecule has 2 nitrogen and oxygen atoms in total. The average molecular weight is 299 g/mol. The average Bonchev–Trinajstić information content (AvgIpc) is 2.80. The number of thioether (sulfide) groups is 1. The van der Waals surface area contributed by atoms with Crippen molar-refractivity contribution < 1.29 is 9.18 Å². The second kappa shape index (κ2) is 6.66. The molecule has 1 N–H and O–H groups in total. The van der Waals surface area contributed by atoms with Gasteiger partial charge in [0.25, 0.3) is 5.91 Å². The van der Waals surface area contributed by atoms with Crippen molar-refractivity contribution in [2.24, 2.45) is 0 Å². The van der Waals surface area contributed by atoms with E-state index in [0.29, 0.717) is 10.1 Å². The Morgan fingerprint density at radius 2 is 2.32 bits per heavy atom. The molecule has 2 unspecified atom stereocenters. The van der Waals surface area contributed by atoms with Gasteiger partial charge >= 0.3 is 0 Å². The van der Waals surface area contributed by atoms with Gasteiger partial charge in [0.2, 0.25) is 0 Å². The Hall–Kier alpha value is -0.680. The van der Waals surface area contributed by atoms with E-state index in [2.05, 4.69) is 24.9 Å². The summed E-state index contributed by atoms with van der Waals surface area (Å²) >= 11 is 6.01. The van der Waals surface area contributed by atoms with Gasteiger partial charge in [0, 0.05) is 16.2 Å². The van der Waals surface area contributed by atoms with Crippen LogP contribution in [0.25, 0.3) is 0 Å². The third-order valence-electron chi connectivity index (χ3n) is 3.34. The summed E-state index contributed by atoms with van der Waals surface area (Å²) in [5.41, 5.74) is 0.0830. The second-order valence-electron chi connectivity index (χ2n) is 4.67. The molecule has 0 spiro atoms. The maximum absolute atomic E-state index is 13.6. The number of carbonyl (C=O) groups is 1. The third-order valence-corrected chi connectivity index (χ3v) is 4.95. The molecule has 0 aliphatic heterocycles. The molecule has 19 heavy (non-hydrogen) atoms. The summed E-state index contributed by atoms with van der Waals surface area (Å²) < 4.78 is 13.6. The molecule has 0 aromatic heterocycles. The predicted molar refractivity (Wildman–Crippen MR) is 80.7 cm³/mol. The predicted octanol–water partition coefficient (Wildman–Crippen LogP) is 3.52. The smallest absolute Gasteiger partial charge is 0.254 e. The fourth-order valence-electron chi connectivity index (χ4n) is 2.44. The number of hydrogen-bond acceptors (Lipinski definition) is 3. The van der Waals surface area contributed by atoms with Crippen molar-refractivity contribution in [3.8, 4) is 0 Å². The molecule has 1 fully saturated rings. The number of thiol groups is 1. The molecule has 5 heteroatoms. The Balaban J connectivity index is 2.06. The van der Waals surface area contributed by atoms with E-state index in [1.165, 1.54) is 12.1 Å². The zero-order valence-electron chi connectivity index (χ0n) is 10.9. The molecule has 1 aromatic rings. The van der Waals surface area contributed by atoms with Crippen LogP contribution >= 0.6 is 24.4 Å². The van der Waals surface area contributed by atoms with Crippen molar-refractivity contribution >= 4 is 30.3 Å². The first-order valence-corrected chi connectivity index (χ1v) is 8.02. The van der Waals surface area contributed by atoms with Gasteiger partial charge in [-0.3, -0.25) is 4.79 Å². The highest BCUT2D eigenvalue weighted by Crippen LogP contribution is 2.30. The van der Waals surface area contributed by atoms with Gasteiger partial charge in [-0.15, -0.1) is 12.6 Å². The molecule has 2 atom stereocenters. The van der Waals surface area contributed by atoms with Gasteiger partial charge in [-0.25, -0.2) is 4.39 Å². The van der Waals surface area contributed by atoms with Gasteiger partial charge in [0.05, 0.1) is 5.56 Å². The van der Waals surface area contributed by atoms with Crippen LogP contribution in [0.15, 0.2) is 23.1 Å². The number of carbonyl (C=O) groups excluding carboxylic acids is 1. The first-order chi connectivity index (χ1) is 9.11. The number of nitrogens with one attached hydrogen (secondary N) is 1. The van der Waals surface area contributed by atoms with E-state index in [9.17, 15) is 9.18 Å². The second-order valence-corrected chi connectivity index (χ2v) is 6.70. The Bertz CT molecular complexity index is 467. The zero-order valence-corrected chi connectivity index (χ0v) is 12.6.